The van der Waals surface area contributed by atoms with Crippen LogP contribution in [0, 0.1) is 6.92 Å². The number of hydrogen-bond acceptors (Lipinski definition) is 3. The van der Waals surface area contributed by atoms with Gasteiger partial charge in [-0.2, -0.15) is 0 Å². The Morgan fingerprint density at radius 2 is 2.36 bits per heavy atom. The zero-order chi connectivity index (χ0) is 10.3. The van der Waals surface area contributed by atoms with Crippen molar-refractivity contribution < 1.29 is 0 Å². The van der Waals surface area contributed by atoms with Gasteiger partial charge in [-0.3, -0.25) is 0 Å². The molecule has 2 N–H and O–H groups in total. The lowest BCUT2D eigenvalue weighted by Gasteiger charge is -1.99. The second-order valence-corrected chi connectivity index (χ2v) is 5.29. The molecular weight excluding hydrogens is 284 g/mol. The molecule has 14 heavy (non-hydrogen) atoms. The van der Waals surface area contributed by atoms with E-state index < -0.39 is 0 Å². The fourth-order valence-corrected chi connectivity index (χ4v) is 3.19. The number of nitrogens with two attached hydrogens (primary N) is 1. The first kappa shape index (κ1) is 10.4. The summed E-state index contributed by atoms with van der Waals surface area (Å²) >= 11 is 11.1. The van der Waals surface area contributed by atoms with Crippen molar-refractivity contribution in [2.75, 3.05) is 0 Å². The van der Waals surface area contributed by atoms with Crippen LogP contribution in [0.2, 0.25) is 5.02 Å². The summed E-state index contributed by atoms with van der Waals surface area (Å²) in [6.07, 6.45) is 0. The summed E-state index contributed by atoms with van der Waals surface area (Å²) in [7, 11) is 0. The molecule has 0 unspecified atom stereocenters. The third-order valence-electron chi connectivity index (χ3n) is 1.97. The van der Waals surface area contributed by atoms with Crippen LogP contribution >= 0.6 is 38.9 Å². The third kappa shape index (κ3) is 1.56. The summed E-state index contributed by atoms with van der Waals surface area (Å²) < 4.78 is 1.93. The number of aromatic nitrogens is 1. The molecule has 0 spiro atoms. The summed E-state index contributed by atoms with van der Waals surface area (Å²) in [6, 6.07) is 1.98. The first-order valence-corrected chi connectivity index (χ1v) is 6.06. The van der Waals surface area contributed by atoms with Crippen molar-refractivity contribution in [3.05, 3.63) is 26.1 Å². The number of thiazole rings is 1. The summed E-state index contributed by atoms with van der Waals surface area (Å²) in [4.78, 5) is 4.42. The van der Waals surface area contributed by atoms with Gasteiger partial charge in [0.2, 0.25) is 0 Å². The molecule has 0 saturated heterocycles. The van der Waals surface area contributed by atoms with Crippen LogP contribution < -0.4 is 5.73 Å². The van der Waals surface area contributed by atoms with E-state index >= 15 is 0 Å². The van der Waals surface area contributed by atoms with E-state index in [1.54, 1.807) is 11.3 Å². The lowest BCUT2D eigenvalue weighted by Crippen LogP contribution is -1.94. The van der Waals surface area contributed by atoms with E-state index in [0.717, 1.165) is 30.3 Å². The molecule has 74 valence electrons. The van der Waals surface area contributed by atoms with E-state index in [-0.39, 0.29) is 0 Å². The number of fused-ring (bicyclic) bond motifs is 1. The van der Waals surface area contributed by atoms with Crippen LogP contribution in [0.4, 0.5) is 0 Å². The Morgan fingerprint density at radius 1 is 1.64 bits per heavy atom. The molecule has 2 rings (SSSR count). The highest BCUT2D eigenvalue weighted by Gasteiger charge is 2.11. The van der Waals surface area contributed by atoms with Gasteiger partial charge in [0, 0.05) is 11.0 Å². The standard InChI is InChI=1S/C9H8BrClN2S/c1-4-2-5(10)7(11)9-8(4)13-6(3-12)14-9/h2H,3,12H2,1H3. The Balaban J connectivity index is 2.84. The first-order chi connectivity index (χ1) is 6.63. The monoisotopic (exact) mass is 290 g/mol. The average molecular weight is 292 g/mol. The third-order valence-corrected chi connectivity index (χ3v) is 4.43. The van der Waals surface area contributed by atoms with Gasteiger partial charge in [0.25, 0.3) is 0 Å². The Kier molecular flexibility index (Phi) is 2.79. The van der Waals surface area contributed by atoms with Crippen LogP contribution in [-0.4, -0.2) is 4.98 Å². The minimum Gasteiger partial charge on any atom is -0.325 e. The van der Waals surface area contributed by atoms with E-state index in [4.69, 9.17) is 17.3 Å². The zero-order valence-electron chi connectivity index (χ0n) is 7.47. The first-order valence-electron chi connectivity index (χ1n) is 4.07. The molecule has 1 heterocycles. The molecule has 2 aromatic rings. The molecule has 2 nitrogen and oxygen atoms in total. The van der Waals surface area contributed by atoms with Gasteiger partial charge in [-0.1, -0.05) is 11.6 Å². The predicted molar refractivity (Wildman–Crippen MR) is 65.0 cm³/mol. The molecule has 5 heteroatoms. The van der Waals surface area contributed by atoms with Crippen LogP contribution in [0.3, 0.4) is 0 Å². The lowest BCUT2D eigenvalue weighted by atomic mass is 10.2. The lowest BCUT2D eigenvalue weighted by molar-refractivity contribution is 1.05. The van der Waals surface area contributed by atoms with Crippen molar-refractivity contribution in [1.29, 1.82) is 0 Å². The maximum absolute atomic E-state index is 6.15. The van der Waals surface area contributed by atoms with Gasteiger partial charge in [-0.15, -0.1) is 11.3 Å². The molecule has 0 aliphatic carbocycles. The normalized spacial score (nSPS) is 11.1. The number of aryl methyl sites for hydroxylation is 1. The van der Waals surface area contributed by atoms with Crippen molar-refractivity contribution in [3.63, 3.8) is 0 Å². The van der Waals surface area contributed by atoms with Gasteiger partial charge >= 0.3 is 0 Å². The minimum absolute atomic E-state index is 0.465. The molecule has 0 bridgehead atoms. The van der Waals surface area contributed by atoms with Crippen LogP contribution in [0.1, 0.15) is 10.6 Å². The summed E-state index contributed by atoms with van der Waals surface area (Å²) in [5, 5.41) is 1.64. The quantitative estimate of drug-likeness (QED) is 0.873. The van der Waals surface area contributed by atoms with Gasteiger partial charge in [-0.25, -0.2) is 4.98 Å². The molecule has 0 radical (unpaired) electrons. The van der Waals surface area contributed by atoms with Crippen LogP contribution in [0.15, 0.2) is 10.5 Å². The van der Waals surface area contributed by atoms with Crippen molar-refractivity contribution in [2.24, 2.45) is 5.73 Å². The van der Waals surface area contributed by atoms with E-state index in [9.17, 15) is 0 Å². The Labute approximate surface area is 99.2 Å². The SMILES string of the molecule is Cc1cc(Br)c(Cl)c2sc(CN)nc12. The van der Waals surface area contributed by atoms with Crippen molar-refractivity contribution in [3.8, 4) is 0 Å². The Morgan fingerprint density at radius 3 is 3.00 bits per heavy atom. The molecule has 1 aromatic heterocycles. The van der Waals surface area contributed by atoms with E-state index in [0.29, 0.717) is 6.54 Å². The topological polar surface area (TPSA) is 38.9 Å². The highest BCUT2D eigenvalue weighted by molar-refractivity contribution is 9.10. The second-order valence-electron chi connectivity index (χ2n) is 2.98. The molecular formula is C9H8BrClN2S. The van der Waals surface area contributed by atoms with Crippen LogP contribution in [-0.2, 0) is 6.54 Å². The summed E-state index contributed by atoms with van der Waals surface area (Å²) in [6.45, 7) is 2.48. The predicted octanol–water partition coefficient (Wildman–Crippen LogP) is 3.48. The Hall–Kier alpha value is -0.160. The molecule has 0 fully saturated rings. The number of rotatable bonds is 1. The van der Waals surface area contributed by atoms with Gasteiger partial charge < -0.3 is 5.73 Å². The maximum atomic E-state index is 6.15. The average Bonchev–Trinajstić information content (AvgIpc) is 2.58. The van der Waals surface area contributed by atoms with Gasteiger partial charge in [0.05, 0.1) is 15.2 Å². The van der Waals surface area contributed by atoms with E-state index in [1.807, 2.05) is 13.0 Å². The molecule has 0 aliphatic heterocycles. The van der Waals surface area contributed by atoms with Crippen molar-refractivity contribution >= 4 is 49.1 Å². The second kappa shape index (κ2) is 3.77. The van der Waals surface area contributed by atoms with Crippen LogP contribution in [0.5, 0.6) is 0 Å². The van der Waals surface area contributed by atoms with Gasteiger partial charge in [-0.05, 0) is 34.5 Å². The fourth-order valence-electron chi connectivity index (χ4n) is 1.30. The molecule has 0 atom stereocenters. The number of nitrogens with zero attached hydrogens (tertiary/aromatic N) is 1. The number of hydrogen-bond donors (Lipinski definition) is 1. The zero-order valence-corrected chi connectivity index (χ0v) is 10.6. The highest BCUT2D eigenvalue weighted by atomic mass is 79.9. The number of benzene rings is 1. The van der Waals surface area contributed by atoms with E-state index in [2.05, 4.69) is 20.9 Å². The molecule has 1 aromatic carbocycles. The molecule has 0 amide bonds. The smallest absolute Gasteiger partial charge is 0.107 e. The van der Waals surface area contributed by atoms with Crippen molar-refractivity contribution in [1.82, 2.24) is 4.98 Å². The van der Waals surface area contributed by atoms with E-state index in [1.165, 1.54) is 0 Å². The van der Waals surface area contributed by atoms with Gasteiger partial charge in [0.1, 0.15) is 5.01 Å². The minimum atomic E-state index is 0.465. The van der Waals surface area contributed by atoms with Crippen molar-refractivity contribution in [2.45, 2.75) is 13.5 Å². The molecule has 0 aliphatic rings. The highest BCUT2D eigenvalue weighted by Crippen LogP contribution is 2.36. The Bertz CT molecular complexity index is 495. The molecule has 0 saturated carbocycles. The van der Waals surface area contributed by atoms with Gasteiger partial charge in [0.15, 0.2) is 0 Å². The maximum Gasteiger partial charge on any atom is 0.107 e. The van der Waals surface area contributed by atoms with Crippen LogP contribution in [0.25, 0.3) is 10.2 Å². The fraction of sp³-hybridized carbons (Fsp3) is 0.222. The largest absolute Gasteiger partial charge is 0.325 e. The summed E-state index contributed by atoms with van der Waals surface area (Å²) in [5.41, 5.74) is 7.62. The summed E-state index contributed by atoms with van der Waals surface area (Å²) in [5.74, 6) is 0. The number of halogens is 2.